The van der Waals surface area contributed by atoms with Crippen molar-refractivity contribution in [1.82, 2.24) is 10.2 Å². The van der Waals surface area contributed by atoms with Crippen LogP contribution in [-0.4, -0.2) is 30.6 Å². The van der Waals surface area contributed by atoms with E-state index < -0.39 is 0 Å². The Morgan fingerprint density at radius 2 is 1.90 bits per heavy atom. The van der Waals surface area contributed by atoms with Crippen molar-refractivity contribution in [2.75, 3.05) is 19.6 Å². The summed E-state index contributed by atoms with van der Waals surface area (Å²) in [5.41, 5.74) is 3.15. The highest BCUT2D eigenvalue weighted by Crippen LogP contribution is 2.29. The van der Waals surface area contributed by atoms with Crippen LogP contribution in [0.4, 0.5) is 0 Å². The molecule has 116 valence electrons. The fraction of sp³-hybridized carbons (Fsp3) is 0.684. The van der Waals surface area contributed by atoms with Crippen LogP contribution in [0.3, 0.4) is 0 Å². The van der Waals surface area contributed by atoms with Crippen LogP contribution >= 0.6 is 0 Å². The maximum absolute atomic E-state index is 3.99. The smallest absolute Gasteiger partial charge is 0.0325 e. The number of rotatable bonds is 4. The number of fused-ring (bicyclic) bond motifs is 1. The molecule has 1 aromatic carbocycles. The van der Waals surface area contributed by atoms with Crippen molar-refractivity contribution in [3.8, 4) is 0 Å². The number of likely N-dealkylation sites (tertiary alicyclic amines) is 1. The van der Waals surface area contributed by atoms with Crippen LogP contribution in [0.5, 0.6) is 0 Å². The number of nitrogens with one attached hydrogen (secondary N) is 1. The molecule has 1 saturated heterocycles. The van der Waals surface area contributed by atoms with Gasteiger partial charge < -0.3 is 10.2 Å². The summed E-state index contributed by atoms with van der Waals surface area (Å²) in [6.07, 6.45) is 9.21. The Morgan fingerprint density at radius 1 is 1.10 bits per heavy atom. The van der Waals surface area contributed by atoms with Crippen molar-refractivity contribution in [1.29, 1.82) is 0 Å². The molecule has 2 aliphatic rings. The molecule has 1 aromatic rings. The monoisotopic (exact) mass is 286 g/mol. The highest BCUT2D eigenvalue weighted by molar-refractivity contribution is 5.31. The largest absolute Gasteiger partial charge is 0.307 e. The molecule has 1 aliphatic carbocycles. The van der Waals surface area contributed by atoms with Crippen LogP contribution in [0.2, 0.25) is 0 Å². The lowest BCUT2D eigenvalue weighted by molar-refractivity contribution is 0.189. The predicted molar refractivity (Wildman–Crippen MR) is 89.6 cm³/mol. The van der Waals surface area contributed by atoms with Gasteiger partial charge in [-0.1, -0.05) is 37.6 Å². The van der Waals surface area contributed by atoms with E-state index in [9.17, 15) is 0 Å². The lowest BCUT2D eigenvalue weighted by Crippen LogP contribution is -2.43. The van der Waals surface area contributed by atoms with E-state index in [4.69, 9.17) is 0 Å². The quantitative estimate of drug-likeness (QED) is 0.844. The summed E-state index contributed by atoms with van der Waals surface area (Å²) in [6.45, 7) is 6.12. The molecule has 0 amide bonds. The summed E-state index contributed by atoms with van der Waals surface area (Å²) in [5.74, 6) is 0. The van der Waals surface area contributed by atoms with Gasteiger partial charge in [-0.25, -0.2) is 0 Å². The topological polar surface area (TPSA) is 15.3 Å². The zero-order chi connectivity index (χ0) is 14.5. The van der Waals surface area contributed by atoms with Crippen molar-refractivity contribution in [2.45, 2.75) is 64.0 Å². The molecular weight excluding hydrogens is 256 g/mol. The molecule has 3 rings (SSSR count). The minimum Gasteiger partial charge on any atom is -0.307 e. The minimum absolute atomic E-state index is 0.589. The Hall–Kier alpha value is -0.860. The molecule has 1 atom stereocenters. The lowest BCUT2D eigenvalue weighted by atomic mass is 9.96. The summed E-state index contributed by atoms with van der Waals surface area (Å²) in [7, 11) is 0. The van der Waals surface area contributed by atoms with Gasteiger partial charge in [-0.05, 0) is 69.3 Å². The van der Waals surface area contributed by atoms with Gasteiger partial charge in [-0.3, -0.25) is 0 Å². The Kier molecular flexibility index (Phi) is 5.32. The number of aryl methyl sites for hydroxylation is 1. The zero-order valence-corrected chi connectivity index (χ0v) is 13.5. The van der Waals surface area contributed by atoms with Crippen LogP contribution in [0.1, 0.15) is 62.6 Å². The van der Waals surface area contributed by atoms with Gasteiger partial charge in [0.1, 0.15) is 0 Å². The number of hydrogen-bond donors (Lipinski definition) is 1. The standard InChI is InChI=1S/C19H30N2/c1-2-13-21-14-11-17(12-15-21)20-19-10-6-4-8-16-7-3-5-9-18(16)19/h3,5,7,9,17,19-20H,2,4,6,8,10-15H2,1H3. The zero-order valence-electron chi connectivity index (χ0n) is 13.5. The maximum Gasteiger partial charge on any atom is 0.0325 e. The van der Waals surface area contributed by atoms with Gasteiger partial charge in [-0.15, -0.1) is 0 Å². The second-order valence-corrected chi connectivity index (χ2v) is 6.78. The first kappa shape index (κ1) is 15.1. The van der Waals surface area contributed by atoms with Gasteiger partial charge >= 0.3 is 0 Å². The first-order valence-corrected chi connectivity index (χ1v) is 8.93. The van der Waals surface area contributed by atoms with Crippen LogP contribution < -0.4 is 5.32 Å². The molecule has 0 spiro atoms. The summed E-state index contributed by atoms with van der Waals surface area (Å²) in [4.78, 5) is 2.62. The van der Waals surface area contributed by atoms with E-state index in [-0.39, 0.29) is 0 Å². The van der Waals surface area contributed by atoms with E-state index in [2.05, 4.69) is 41.4 Å². The summed E-state index contributed by atoms with van der Waals surface area (Å²) >= 11 is 0. The van der Waals surface area contributed by atoms with Crippen molar-refractivity contribution in [3.05, 3.63) is 35.4 Å². The highest BCUT2D eigenvalue weighted by atomic mass is 15.1. The van der Waals surface area contributed by atoms with Crippen molar-refractivity contribution < 1.29 is 0 Å². The van der Waals surface area contributed by atoms with Crippen molar-refractivity contribution >= 4 is 0 Å². The van der Waals surface area contributed by atoms with Gasteiger partial charge in [0.05, 0.1) is 0 Å². The first-order valence-electron chi connectivity index (χ1n) is 8.93. The third-order valence-electron chi connectivity index (χ3n) is 5.18. The average Bonchev–Trinajstić information content (AvgIpc) is 2.72. The average molecular weight is 286 g/mol. The molecule has 0 saturated carbocycles. The maximum atomic E-state index is 3.99. The SMILES string of the molecule is CCCN1CCC(NC2CCCCc3ccccc32)CC1. The molecular formula is C19H30N2. The minimum atomic E-state index is 0.589. The molecule has 1 aliphatic heterocycles. The van der Waals surface area contributed by atoms with E-state index >= 15 is 0 Å². The van der Waals surface area contributed by atoms with Crippen LogP contribution in [0, 0.1) is 0 Å². The molecule has 2 heteroatoms. The molecule has 1 fully saturated rings. The predicted octanol–water partition coefficient (Wildman–Crippen LogP) is 3.92. The summed E-state index contributed by atoms with van der Waals surface area (Å²) in [6, 6.07) is 10.4. The van der Waals surface area contributed by atoms with Crippen LogP contribution in [0.15, 0.2) is 24.3 Å². The van der Waals surface area contributed by atoms with E-state index in [1.165, 1.54) is 64.6 Å². The van der Waals surface area contributed by atoms with Gasteiger partial charge in [0.25, 0.3) is 0 Å². The van der Waals surface area contributed by atoms with Gasteiger partial charge in [-0.2, -0.15) is 0 Å². The van der Waals surface area contributed by atoms with E-state index in [0.29, 0.717) is 12.1 Å². The molecule has 1 N–H and O–H groups in total. The highest BCUT2D eigenvalue weighted by Gasteiger charge is 2.24. The normalized spacial score (nSPS) is 24.5. The lowest BCUT2D eigenvalue weighted by Gasteiger charge is -2.34. The van der Waals surface area contributed by atoms with Crippen LogP contribution in [-0.2, 0) is 6.42 Å². The first-order chi connectivity index (χ1) is 10.4. The third kappa shape index (κ3) is 3.87. The third-order valence-corrected chi connectivity index (χ3v) is 5.18. The Balaban J connectivity index is 1.60. The second kappa shape index (κ2) is 7.42. The molecule has 0 radical (unpaired) electrons. The van der Waals surface area contributed by atoms with E-state index in [0.717, 1.165) is 0 Å². The van der Waals surface area contributed by atoms with E-state index in [1.54, 1.807) is 11.1 Å². The Labute approximate surface area is 129 Å². The Bertz CT molecular complexity index is 435. The Morgan fingerprint density at radius 3 is 2.71 bits per heavy atom. The summed E-state index contributed by atoms with van der Waals surface area (Å²) in [5, 5.41) is 3.99. The second-order valence-electron chi connectivity index (χ2n) is 6.78. The van der Waals surface area contributed by atoms with Crippen molar-refractivity contribution in [2.24, 2.45) is 0 Å². The number of piperidine rings is 1. The molecule has 1 unspecified atom stereocenters. The van der Waals surface area contributed by atoms with Crippen molar-refractivity contribution in [3.63, 3.8) is 0 Å². The number of nitrogens with zero attached hydrogens (tertiary/aromatic N) is 1. The number of benzene rings is 1. The molecule has 0 bridgehead atoms. The van der Waals surface area contributed by atoms with Crippen LogP contribution in [0.25, 0.3) is 0 Å². The molecule has 0 aromatic heterocycles. The van der Waals surface area contributed by atoms with Gasteiger partial charge in [0.2, 0.25) is 0 Å². The molecule has 2 nitrogen and oxygen atoms in total. The summed E-state index contributed by atoms with van der Waals surface area (Å²) < 4.78 is 0. The molecule has 21 heavy (non-hydrogen) atoms. The fourth-order valence-corrected chi connectivity index (χ4v) is 4.02. The van der Waals surface area contributed by atoms with E-state index in [1.807, 2.05) is 0 Å². The number of hydrogen-bond acceptors (Lipinski definition) is 2. The van der Waals surface area contributed by atoms with Gasteiger partial charge in [0.15, 0.2) is 0 Å². The molecule has 1 heterocycles. The fourth-order valence-electron chi connectivity index (χ4n) is 4.02. The van der Waals surface area contributed by atoms with Gasteiger partial charge in [0, 0.05) is 12.1 Å².